The second kappa shape index (κ2) is 4.05. The van der Waals surface area contributed by atoms with Gasteiger partial charge < -0.3 is 5.11 Å². The normalized spacial score (nSPS) is 27.3. The minimum atomic E-state index is -4.87. The maximum Gasteiger partial charge on any atom is 0.420 e. The Morgan fingerprint density at radius 1 is 1.30 bits per heavy atom. The van der Waals surface area contributed by atoms with Crippen molar-refractivity contribution in [1.29, 1.82) is 0 Å². The zero-order valence-electron chi connectivity index (χ0n) is 11.8. The summed E-state index contributed by atoms with van der Waals surface area (Å²) in [6, 6.07) is 0. The summed E-state index contributed by atoms with van der Waals surface area (Å²) in [5, 5.41) is 13.0. The van der Waals surface area contributed by atoms with Crippen LogP contribution in [0.25, 0.3) is 0 Å². The molecule has 1 atom stereocenters. The van der Waals surface area contributed by atoms with E-state index < -0.39 is 53.1 Å². The third-order valence-corrected chi connectivity index (χ3v) is 5.26. The maximum absolute atomic E-state index is 13.8. The summed E-state index contributed by atoms with van der Waals surface area (Å²) < 4.78 is 68.0. The summed E-state index contributed by atoms with van der Waals surface area (Å²) in [5.74, 6) is -6.28. The molecule has 3 saturated carbocycles. The Morgan fingerprint density at radius 2 is 1.91 bits per heavy atom. The van der Waals surface area contributed by atoms with E-state index in [9.17, 15) is 31.9 Å². The zero-order valence-corrected chi connectivity index (χ0v) is 11.8. The summed E-state index contributed by atoms with van der Waals surface area (Å²) in [6.07, 6.45) is -3.20. The van der Waals surface area contributed by atoms with Gasteiger partial charge in [0, 0.05) is 11.3 Å². The molecule has 126 valence electrons. The highest BCUT2D eigenvalue weighted by Crippen LogP contribution is 2.80. The van der Waals surface area contributed by atoms with E-state index in [1.54, 1.807) is 0 Å². The molecule has 0 radical (unpaired) electrons. The van der Waals surface area contributed by atoms with E-state index in [2.05, 4.69) is 5.10 Å². The van der Waals surface area contributed by atoms with Gasteiger partial charge in [0.1, 0.15) is 5.56 Å². The van der Waals surface area contributed by atoms with Gasteiger partial charge in [-0.25, -0.2) is 13.6 Å². The molecule has 1 aromatic heterocycles. The Kier molecular flexibility index (Phi) is 2.62. The molecule has 0 saturated heterocycles. The standard InChI is InChI=1S/C14H13F5N2O2/c15-13(16)7(12(13)3-4-12)5-21-10(11(22)23)8(14(17,18)19)9(20-21)6-1-2-6/h6-7H,1-5H2,(H,22,23). The molecular weight excluding hydrogens is 323 g/mol. The number of carboxylic acid groups (broad SMARTS) is 1. The fourth-order valence-corrected chi connectivity index (χ4v) is 3.62. The number of carbonyl (C=O) groups is 1. The first-order valence-corrected chi connectivity index (χ1v) is 7.38. The van der Waals surface area contributed by atoms with Crippen molar-refractivity contribution in [1.82, 2.24) is 9.78 Å². The van der Waals surface area contributed by atoms with Crippen LogP contribution in [0, 0.1) is 11.3 Å². The second-order valence-corrected chi connectivity index (χ2v) is 6.70. The van der Waals surface area contributed by atoms with Crippen molar-refractivity contribution in [3.05, 3.63) is 17.0 Å². The molecule has 0 aromatic carbocycles. The Bertz CT molecular complexity index is 697. The number of alkyl halides is 5. The fourth-order valence-electron chi connectivity index (χ4n) is 3.62. The van der Waals surface area contributed by atoms with Gasteiger partial charge in [-0.2, -0.15) is 18.3 Å². The second-order valence-electron chi connectivity index (χ2n) is 6.70. The first-order valence-electron chi connectivity index (χ1n) is 7.38. The summed E-state index contributed by atoms with van der Waals surface area (Å²) in [5.41, 5.74) is -3.74. The molecular formula is C14H13F5N2O2. The van der Waals surface area contributed by atoms with E-state index in [1.165, 1.54) is 0 Å². The third kappa shape index (κ3) is 1.94. The van der Waals surface area contributed by atoms with Crippen molar-refractivity contribution in [2.75, 3.05) is 0 Å². The van der Waals surface area contributed by atoms with E-state index in [4.69, 9.17) is 0 Å². The van der Waals surface area contributed by atoms with Crippen LogP contribution in [0.4, 0.5) is 22.0 Å². The van der Waals surface area contributed by atoms with Crippen molar-refractivity contribution < 1.29 is 31.9 Å². The highest BCUT2D eigenvalue weighted by atomic mass is 19.4. The minimum absolute atomic E-state index is 0.316. The lowest BCUT2D eigenvalue weighted by Gasteiger charge is -2.08. The minimum Gasteiger partial charge on any atom is -0.477 e. The molecule has 9 heteroatoms. The van der Waals surface area contributed by atoms with Crippen molar-refractivity contribution in [3.63, 3.8) is 0 Å². The number of hydrogen-bond acceptors (Lipinski definition) is 2. The first-order chi connectivity index (χ1) is 10.6. The molecule has 1 unspecified atom stereocenters. The van der Waals surface area contributed by atoms with Crippen LogP contribution >= 0.6 is 0 Å². The van der Waals surface area contributed by atoms with E-state index in [0.717, 1.165) is 0 Å². The average molecular weight is 336 g/mol. The Labute approximate surface area is 127 Å². The van der Waals surface area contributed by atoms with Crippen LogP contribution in [-0.4, -0.2) is 26.8 Å². The number of halogens is 5. The largest absolute Gasteiger partial charge is 0.477 e. The number of rotatable bonds is 4. The van der Waals surface area contributed by atoms with E-state index in [-0.39, 0.29) is 5.69 Å². The van der Waals surface area contributed by atoms with Crippen molar-refractivity contribution in [3.8, 4) is 0 Å². The van der Waals surface area contributed by atoms with Crippen LogP contribution in [0.2, 0.25) is 0 Å². The number of aromatic nitrogens is 2. The molecule has 4 rings (SSSR count). The van der Waals surface area contributed by atoms with Crippen molar-refractivity contribution in [2.24, 2.45) is 11.3 Å². The topological polar surface area (TPSA) is 55.1 Å². The van der Waals surface area contributed by atoms with Crippen molar-refractivity contribution in [2.45, 2.75) is 50.2 Å². The van der Waals surface area contributed by atoms with Gasteiger partial charge in [-0.05, 0) is 25.7 Å². The van der Waals surface area contributed by atoms with Crippen molar-refractivity contribution >= 4 is 5.97 Å². The molecule has 3 aliphatic carbocycles. The molecule has 23 heavy (non-hydrogen) atoms. The number of nitrogens with zero attached hydrogens (tertiary/aromatic N) is 2. The monoisotopic (exact) mass is 336 g/mol. The van der Waals surface area contributed by atoms with Gasteiger partial charge in [0.05, 0.1) is 18.2 Å². The lowest BCUT2D eigenvalue weighted by molar-refractivity contribution is -0.138. The number of aromatic carboxylic acids is 1. The van der Waals surface area contributed by atoms with Gasteiger partial charge in [0.15, 0.2) is 5.69 Å². The predicted molar refractivity (Wildman–Crippen MR) is 66.3 cm³/mol. The Balaban J connectivity index is 1.76. The van der Waals surface area contributed by atoms with Gasteiger partial charge in [0.25, 0.3) is 5.92 Å². The number of hydrogen-bond donors (Lipinski definition) is 1. The van der Waals surface area contributed by atoms with Crippen LogP contribution in [0.5, 0.6) is 0 Å². The fraction of sp³-hybridized carbons (Fsp3) is 0.714. The molecule has 3 fully saturated rings. The van der Waals surface area contributed by atoms with Crippen LogP contribution in [0.1, 0.15) is 53.3 Å². The van der Waals surface area contributed by atoms with E-state index in [1.807, 2.05) is 0 Å². The number of carboxylic acids is 1. The first kappa shape index (κ1) is 14.9. The molecule has 0 amide bonds. The van der Waals surface area contributed by atoms with Gasteiger partial charge in [0.2, 0.25) is 0 Å². The molecule has 1 heterocycles. The summed E-state index contributed by atoms with van der Waals surface area (Å²) in [6.45, 7) is -0.482. The SMILES string of the molecule is O=C(O)c1c(C(F)(F)F)c(C2CC2)nn1CC1C(F)(F)C12CC2. The van der Waals surface area contributed by atoms with Gasteiger partial charge in [-0.15, -0.1) is 0 Å². The highest BCUT2D eigenvalue weighted by Gasteiger charge is 2.86. The quantitative estimate of drug-likeness (QED) is 0.856. The van der Waals surface area contributed by atoms with E-state index in [0.29, 0.717) is 30.4 Å². The summed E-state index contributed by atoms with van der Waals surface area (Å²) in [4.78, 5) is 11.3. The van der Waals surface area contributed by atoms with Crippen LogP contribution < -0.4 is 0 Å². The molecule has 4 nitrogen and oxygen atoms in total. The Morgan fingerprint density at radius 3 is 2.30 bits per heavy atom. The van der Waals surface area contributed by atoms with Crippen LogP contribution in [-0.2, 0) is 12.7 Å². The highest BCUT2D eigenvalue weighted by molar-refractivity contribution is 5.88. The molecule has 1 aromatic rings. The molecule has 0 aliphatic heterocycles. The van der Waals surface area contributed by atoms with E-state index >= 15 is 0 Å². The molecule has 1 spiro atoms. The smallest absolute Gasteiger partial charge is 0.420 e. The third-order valence-electron chi connectivity index (χ3n) is 5.26. The molecule has 0 bridgehead atoms. The average Bonchev–Trinajstić information content (AvgIpc) is 3.31. The zero-order chi connectivity index (χ0) is 16.8. The molecule has 1 N–H and O–H groups in total. The van der Waals surface area contributed by atoms with Gasteiger partial charge in [-0.1, -0.05) is 0 Å². The predicted octanol–water partition coefficient (Wildman–Crippen LogP) is 3.52. The lowest BCUT2D eigenvalue weighted by Crippen LogP contribution is -2.18. The van der Waals surface area contributed by atoms with Gasteiger partial charge in [-0.3, -0.25) is 4.68 Å². The van der Waals surface area contributed by atoms with Crippen LogP contribution in [0.3, 0.4) is 0 Å². The summed E-state index contributed by atoms with van der Waals surface area (Å²) in [7, 11) is 0. The van der Waals surface area contributed by atoms with Crippen LogP contribution in [0.15, 0.2) is 0 Å². The molecule has 3 aliphatic rings. The van der Waals surface area contributed by atoms with Gasteiger partial charge >= 0.3 is 12.1 Å². The Hall–Kier alpha value is -1.67. The summed E-state index contributed by atoms with van der Waals surface area (Å²) >= 11 is 0. The lowest BCUT2D eigenvalue weighted by atomic mass is 10.1. The maximum atomic E-state index is 13.8.